The van der Waals surface area contributed by atoms with Gasteiger partial charge in [-0.1, -0.05) is 24.3 Å². The molecule has 1 N–H and O–H groups in total. The summed E-state index contributed by atoms with van der Waals surface area (Å²) in [6, 6.07) is 21.2. The first-order valence-corrected chi connectivity index (χ1v) is 10.8. The van der Waals surface area contributed by atoms with E-state index in [1.54, 1.807) is 36.7 Å². The summed E-state index contributed by atoms with van der Waals surface area (Å²) in [4.78, 5) is 4.47. The van der Waals surface area contributed by atoms with Crippen LogP contribution < -0.4 is 9.46 Å². The molecule has 0 saturated heterocycles. The molecule has 4 aromatic rings. The molecule has 6 nitrogen and oxygen atoms in total. The topological polar surface area (TPSA) is 81.4 Å². The Balaban J connectivity index is 1.40. The van der Waals surface area contributed by atoms with Gasteiger partial charge in [0.2, 0.25) is 10.0 Å². The molecule has 0 radical (unpaired) electrons. The number of pyridine rings is 1. The van der Waals surface area contributed by atoms with Gasteiger partial charge in [0.1, 0.15) is 17.2 Å². The normalized spacial score (nSPS) is 11.4. The summed E-state index contributed by atoms with van der Waals surface area (Å²) in [6.45, 7) is 2.09. The van der Waals surface area contributed by atoms with Crippen LogP contribution in [0.5, 0.6) is 11.5 Å². The number of hydrogen-bond donors (Lipinski definition) is 1. The smallest absolute Gasteiger partial charge is 0.240 e. The lowest BCUT2D eigenvalue weighted by Gasteiger charge is -2.10. The maximum Gasteiger partial charge on any atom is 0.240 e. The predicted octanol–water partition coefficient (Wildman–Crippen LogP) is 4.92. The van der Waals surface area contributed by atoms with Crippen LogP contribution in [-0.2, 0) is 16.6 Å². The Morgan fingerprint density at radius 1 is 0.967 bits per heavy atom. The molecule has 2 aromatic carbocycles. The van der Waals surface area contributed by atoms with Crippen molar-refractivity contribution in [3.05, 3.63) is 96.4 Å². The largest absolute Gasteiger partial charge is 0.463 e. The highest BCUT2D eigenvalue weighted by molar-refractivity contribution is 7.89. The van der Waals surface area contributed by atoms with E-state index >= 15 is 0 Å². The second kappa shape index (κ2) is 8.52. The van der Waals surface area contributed by atoms with Gasteiger partial charge >= 0.3 is 0 Å². The van der Waals surface area contributed by atoms with E-state index in [-0.39, 0.29) is 11.4 Å². The highest BCUT2D eigenvalue weighted by atomic mass is 32.2. The number of ether oxygens (including phenoxy) is 1. The van der Waals surface area contributed by atoms with Gasteiger partial charge in [-0.15, -0.1) is 0 Å². The quantitative estimate of drug-likeness (QED) is 0.459. The zero-order valence-electron chi connectivity index (χ0n) is 16.3. The van der Waals surface area contributed by atoms with E-state index in [0.717, 1.165) is 16.9 Å². The van der Waals surface area contributed by atoms with Crippen molar-refractivity contribution >= 4 is 10.0 Å². The average Bonchev–Trinajstić information content (AvgIpc) is 3.30. The van der Waals surface area contributed by atoms with Crippen molar-refractivity contribution in [1.82, 2.24) is 9.71 Å². The first kappa shape index (κ1) is 19.9. The second-order valence-electron chi connectivity index (χ2n) is 6.69. The lowest BCUT2D eigenvalue weighted by Crippen LogP contribution is -2.23. The van der Waals surface area contributed by atoms with E-state index in [0.29, 0.717) is 17.2 Å². The van der Waals surface area contributed by atoms with Gasteiger partial charge in [-0.2, -0.15) is 0 Å². The molecule has 0 unspecified atom stereocenters. The predicted molar refractivity (Wildman–Crippen MR) is 114 cm³/mol. The number of aryl methyl sites for hydroxylation is 1. The van der Waals surface area contributed by atoms with Gasteiger partial charge in [0.15, 0.2) is 5.76 Å². The van der Waals surface area contributed by atoms with Crippen molar-refractivity contribution in [3.8, 4) is 23.0 Å². The molecule has 0 bridgehead atoms. The Bertz CT molecular complexity index is 1220. The Morgan fingerprint density at radius 2 is 1.77 bits per heavy atom. The van der Waals surface area contributed by atoms with Gasteiger partial charge in [-0.25, -0.2) is 13.1 Å². The minimum atomic E-state index is -3.66. The minimum Gasteiger partial charge on any atom is -0.463 e. The first-order chi connectivity index (χ1) is 14.5. The zero-order chi connectivity index (χ0) is 21.0. The third-order valence-corrected chi connectivity index (χ3v) is 5.94. The van der Waals surface area contributed by atoms with Crippen LogP contribution in [0.15, 0.2) is 94.6 Å². The van der Waals surface area contributed by atoms with Crippen LogP contribution in [0.3, 0.4) is 0 Å². The van der Waals surface area contributed by atoms with Crippen molar-refractivity contribution in [1.29, 1.82) is 0 Å². The molecule has 2 heterocycles. The van der Waals surface area contributed by atoms with Crippen molar-refractivity contribution < 1.29 is 17.6 Å². The molecule has 0 aliphatic rings. The van der Waals surface area contributed by atoms with Crippen LogP contribution in [0.1, 0.15) is 11.1 Å². The van der Waals surface area contributed by atoms with Gasteiger partial charge in [0, 0.05) is 12.7 Å². The summed E-state index contributed by atoms with van der Waals surface area (Å²) < 4.78 is 38.9. The number of sulfonamides is 1. The SMILES string of the molecule is Cc1ccccc1Oc1ccc(S(=O)(=O)NCc2ccc(-c3ccco3)nc2)cc1. The third-order valence-electron chi connectivity index (χ3n) is 4.52. The van der Waals surface area contributed by atoms with Crippen LogP contribution in [0.25, 0.3) is 11.5 Å². The van der Waals surface area contributed by atoms with E-state index in [4.69, 9.17) is 9.15 Å². The summed E-state index contributed by atoms with van der Waals surface area (Å²) in [5.41, 5.74) is 2.44. The van der Waals surface area contributed by atoms with Gasteiger partial charge in [-0.3, -0.25) is 4.98 Å². The Morgan fingerprint density at radius 3 is 2.43 bits per heavy atom. The van der Waals surface area contributed by atoms with Crippen LogP contribution in [0, 0.1) is 6.92 Å². The van der Waals surface area contributed by atoms with Crippen LogP contribution in [0.4, 0.5) is 0 Å². The molecular weight excluding hydrogens is 400 g/mol. The van der Waals surface area contributed by atoms with Crippen LogP contribution in [-0.4, -0.2) is 13.4 Å². The fraction of sp³-hybridized carbons (Fsp3) is 0.0870. The number of hydrogen-bond acceptors (Lipinski definition) is 5. The number of furan rings is 1. The van der Waals surface area contributed by atoms with Gasteiger partial charge in [0.05, 0.1) is 11.2 Å². The first-order valence-electron chi connectivity index (χ1n) is 9.33. The molecule has 7 heteroatoms. The van der Waals surface area contributed by atoms with Crippen LogP contribution in [0.2, 0.25) is 0 Å². The van der Waals surface area contributed by atoms with Gasteiger partial charge in [-0.05, 0) is 66.6 Å². The van der Waals surface area contributed by atoms with Crippen molar-refractivity contribution in [2.75, 3.05) is 0 Å². The fourth-order valence-corrected chi connectivity index (χ4v) is 3.86. The summed E-state index contributed by atoms with van der Waals surface area (Å²) >= 11 is 0. The molecule has 0 aliphatic heterocycles. The third kappa shape index (κ3) is 4.59. The Kier molecular flexibility index (Phi) is 5.65. The van der Waals surface area contributed by atoms with Crippen molar-refractivity contribution in [3.63, 3.8) is 0 Å². The van der Waals surface area contributed by atoms with Crippen molar-refractivity contribution in [2.24, 2.45) is 0 Å². The fourth-order valence-electron chi connectivity index (χ4n) is 2.85. The number of nitrogens with zero attached hydrogens (tertiary/aromatic N) is 1. The van der Waals surface area contributed by atoms with Gasteiger partial charge in [0.25, 0.3) is 0 Å². The summed E-state index contributed by atoms with van der Waals surface area (Å²) in [6.07, 6.45) is 3.20. The number of aromatic nitrogens is 1. The van der Waals surface area contributed by atoms with E-state index in [1.165, 1.54) is 12.1 Å². The summed E-state index contributed by atoms with van der Waals surface area (Å²) in [5, 5.41) is 0. The zero-order valence-corrected chi connectivity index (χ0v) is 17.1. The number of para-hydroxylation sites is 1. The summed E-state index contributed by atoms with van der Waals surface area (Å²) in [7, 11) is -3.66. The van der Waals surface area contributed by atoms with Crippen molar-refractivity contribution in [2.45, 2.75) is 18.4 Å². The molecule has 0 saturated carbocycles. The Labute approximate surface area is 175 Å². The lowest BCUT2D eigenvalue weighted by molar-refractivity contribution is 0.478. The molecule has 152 valence electrons. The monoisotopic (exact) mass is 420 g/mol. The standard InChI is InChI=1S/C23H20N2O4S/c1-17-5-2-3-6-22(17)29-19-9-11-20(12-10-19)30(26,27)25-16-18-8-13-21(24-15-18)23-7-4-14-28-23/h2-15,25H,16H2,1H3. The van der Waals surface area contributed by atoms with E-state index < -0.39 is 10.0 Å². The van der Waals surface area contributed by atoms with Crippen LogP contribution >= 0.6 is 0 Å². The molecule has 0 spiro atoms. The minimum absolute atomic E-state index is 0.134. The van der Waals surface area contributed by atoms with E-state index in [2.05, 4.69) is 9.71 Å². The average molecular weight is 420 g/mol. The Hall–Kier alpha value is -3.42. The van der Waals surface area contributed by atoms with E-state index in [1.807, 2.05) is 43.3 Å². The number of nitrogens with one attached hydrogen (secondary N) is 1. The molecule has 30 heavy (non-hydrogen) atoms. The molecule has 4 rings (SSSR count). The molecule has 2 aromatic heterocycles. The molecule has 0 aliphatic carbocycles. The maximum atomic E-state index is 12.6. The highest BCUT2D eigenvalue weighted by Gasteiger charge is 2.14. The highest BCUT2D eigenvalue weighted by Crippen LogP contribution is 2.25. The number of benzene rings is 2. The molecule has 0 amide bonds. The molecular formula is C23H20N2O4S. The second-order valence-corrected chi connectivity index (χ2v) is 8.46. The maximum absolute atomic E-state index is 12.6. The number of rotatable bonds is 7. The van der Waals surface area contributed by atoms with Gasteiger partial charge < -0.3 is 9.15 Å². The molecule has 0 fully saturated rings. The molecule has 0 atom stereocenters. The summed E-state index contributed by atoms with van der Waals surface area (Å²) in [5.74, 6) is 1.97. The van der Waals surface area contributed by atoms with E-state index in [9.17, 15) is 8.42 Å². The lowest BCUT2D eigenvalue weighted by atomic mass is 10.2.